The van der Waals surface area contributed by atoms with Crippen LogP contribution in [0.1, 0.15) is 5.69 Å². The summed E-state index contributed by atoms with van der Waals surface area (Å²) in [4.78, 5) is 12.0. The lowest BCUT2D eigenvalue weighted by molar-refractivity contribution is -0.141. The molecular weight excluding hydrogens is 178 g/mol. The zero-order valence-corrected chi connectivity index (χ0v) is 5.57. The molecule has 0 aromatic carbocycles. The molecule has 2 nitrogen and oxygen atoms in total. The van der Waals surface area contributed by atoms with E-state index >= 15 is 0 Å². The van der Waals surface area contributed by atoms with Crippen molar-refractivity contribution in [1.82, 2.24) is 4.98 Å². The highest BCUT2D eigenvalue weighted by atomic mass is 19.4. The van der Waals surface area contributed by atoms with Crippen LogP contribution in [-0.2, 0) is 6.18 Å². The van der Waals surface area contributed by atoms with Crippen LogP contribution in [0.4, 0.5) is 17.6 Å². The average molecular weight is 181 g/mol. The van der Waals surface area contributed by atoms with E-state index in [0.717, 1.165) is 0 Å². The van der Waals surface area contributed by atoms with E-state index in [9.17, 15) is 22.4 Å². The van der Waals surface area contributed by atoms with Crippen LogP contribution in [0.5, 0.6) is 0 Å². The summed E-state index contributed by atoms with van der Waals surface area (Å²) >= 11 is 0. The Morgan fingerprint density at radius 1 is 1.33 bits per heavy atom. The van der Waals surface area contributed by atoms with Crippen molar-refractivity contribution in [3.63, 3.8) is 0 Å². The number of nitrogens with one attached hydrogen (secondary N) is 1. The maximum absolute atomic E-state index is 12.2. The van der Waals surface area contributed by atoms with Gasteiger partial charge in [0.05, 0.1) is 0 Å². The third-order valence-corrected chi connectivity index (χ3v) is 1.17. The molecule has 6 heteroatoms. The van der Waals surface area contributed by atoms with Crippen molar-refractivity contribution in [3.05, 3.63) is 34.0 Å². The molecule has 0 spiro atoms. The van der Waals surface area contributed by atoms with Gasteiger partial charge in [-0.2, -0.15) is 13.2 Å². The molecule has 0 bridgehead atoms. The van der Waals surface area contributed by atoms with E-state index in [4.69, 9.17) is 0 Å². The second-order valence-corrected chi connectivity index (χ2v) is 2.06. The van der Waals surface area contributed by atoms with Gasteiger partial charge >= 0.3 is 6.18 Å². The van der Waals surface area contributed by atoms with Gasteiger partial charge in [0, 0.05) is 12.3 Å². The highest BCUT2D eigenvalue weighted by Gasteiger charge is 2.31. The molecule has 1 N–H and O–H groups in total. The van der Waals surface area contributed by atoms with E-state index in [2.05, 4.69) is 0 Å². The molecule has 1 heterocycles. The number of hydrogen-bond donors (Lipinski definition) is 1. The maximum atomic E-state index is 12.2. The fourth-order valence-corrected chi connectivity index (χ4v) is 0.618. The van der Waals surface area contributed by atoms with Crippen LogP contribution < -0.4 is 5.43 Å². The molecule has 0 atom stereocenters. The molecule has 0 aliphatic carbocycles. The molecule has 0 unspecified atom stereocenters. The van der Waals surface area contributed by atoms with Gasteiger partial charge in [-0.3, -0.25) is 4.79 Å². The first-order valence-electron chi connectivity index (χ1n) is 2.86. The first-order valence-corrected chi connectivity index (χ1v) is 2.86. The number of H-pyrrole nitrogens is 1. The van der Waals surface area contributed by atoms with Crippen LogP contribution in [0.25, 0.3) is 0 Å². The van der Waals surface area contributed by atoms with Crippen LogP contribution in [0.2, 0.25) is 0 Å². The van der Waals surface area contributed by atoms with Gasteiger partial charge in [-0.15, -0.1) is 0 Å². The topological polar surface area (TPSA) is 32.9 Å². The summed E-state index contributed by atoms with van der Waals surface area (Å²) < 4.78 is 47.6. The number of aromatic nitrogens is 1. The van der Waals surface area contributed by atoms with Gasteiger partial charge < -0.3 is 4.98 Å². The number of hydrogen-bond acceptors (Lipinski definition) is 1. The molecule has 0 amide bonds. The van der Waals surface area contributed by atoms with Gasteiger partial charge in [0.1, 0.15) is 5.69 Å². The van der Waals surface area contributed by atoms with E-state index in [1.54, 1.807) is 4.98 Å². The van der Waals surface area contributed by atoms with Crippen molar-refractivity contribution >= 4 is 0 Å². The maximum Gasteiger partial charge on any atom is 0.431 e. The zero-order chi connectivity index (χ0) is 9.35. The first kappa shape index (κ1) is 8.76. The minimum atomic E-state index is -4.65. The summed E-state index contributed by atoms with van der Waals surface area (Å²) in [7, 11) is 0. The second-order valence-electron chi connectivity index (χ2n) is 2.06. The Balaban J connectivity index is 3.23. The van der Waals surface area contributed by atoms with Gasteiger partial charge in [0.25, 0.3) is 0 Å². The number of rotatable bonds is 0. The number of halogens is 4. The molecule has 66 valence electrons. The van der Waals surface area contributed by atoms with Crippen molar-refractivity contribution in [3.8, 4) is 0 Å². The van der Waals surface area contributed by atoms with Crippen molar-refractivity contribution in [2.24, 2.45) is 0 Å². The number of alkyl halides is 3. The fraction of sp³-hybridized carbons (Fsp3) is 0.167. The molecule has 0 fully saturated rings. The van der Waals surface area contributed by atoms with Crippen molar-refractivity contribution in [2.45, 2.75) is 6.18 Å². The molecule has 0 saturated carbocycles. The predicted octanol–water partition coefficient (Wildman–Crippen LogP) is 1.53. The van der Waals surface area contributed by atoms with E-state index in [-0.39, 0.29) is 6.07 Å². The summed E-state index contributed by atoms with van der Waals surface area (Å²) in [5.74, 6) is -1.23. The monoisotopic (exact) mass is 181 g/mol. The zero-order valence-electron chi connectivity index (χ0n) is 5.57. The van der Waals surface area contributed by atoms with E-state index in [0.29, 0.717) is 6.20 Å². The van der Waals surface area contributed by atoms with Gasteiger partial charge in [0.2, 0.25) is 5.43 Å². The predicted molar refractivity (Wildman–Crippen MR) is 32.0 cm³/mol. The van der Waals surface area contributed by atoms with E-state index in [1.807, 2.05) is 0 Å². The Morgan fingerprint density at radius 2 is 1.92 bits per heavy atom. The Labute approximate surface area is 63.8 Å². The Kier molecular flexibility index (Phi) is 1.91. The van der Waals surface area contributed by atoms with Gasteiger partial charge in [-0.1, -0.05) is 0 Å². The molecule has 12 heavy (non-hydrogen) atoms. The molecule has 0 saturated heterocycles. The lowest BCUT2D eigenvalue weighted by Gasteiger charge is -2.04. The average Bonchev–Trinajstić information content (AvgIpc) is 1.92. The highest BCUT2D eigenvalue weighted by Crippen LogP contribution is 2.25. The van der Waals surface area contributed by atoms with Crippen molar-refractivity contribution in [2.75, 3.05) is 0 Å². The summed E-state index contributed by atoms with van der Waals surface area (Å²) in [6.45, 7) is 0. The Hall–Kier alpha value is -1.33. The highest BCUT2D eigenvalue weighted by molar-refractivity contribution is 5.08. The fourth-order valence-electron chi connectivity index (χ4n) is 0.618. The first-order chi connectivity index (χ1) is 5.41. The van der Waals surface area contributed by atoms with Crippen LogP contribution in [-0.4, -0.2) is 4.98 Å². The summed E-state index contributed by atoms with van der Waals surface area (Å²) in [5.41, 5.74) is -2.53. The molecule has 0 aliphatic heterocycles. The third kappa shape index (κ3) is 1.63. The van der Waals surface area contributed by atoms with E-state index in [1.165, 1.54) is 0 Å². The second kappa shape index (κ2) is 2.62. The number of pyridine rings is 1. The van der Waals surface area contributed by atoms with E-state index < -0.39 is 23.1 Å². The lowest BCUT2D eigenvalue weighted by atomic mass is 10.3. The number of aromatic amines is 1. The third-order valence-electron chi connectivity index (χ3n) is 1.17. The quantitative estimate of drug-likeness (QED) is 0.605. The van der Waals surface area contributed by atoms with Crippen LogP contribution in [0.15, 0.2) is 17.1 Å². The SMILES string of the molecule is O=c1cc(C(F)(F)F)[nH]cc1F. The van der Waals surface area contributed by atoms with Crippen LogP contribution >= 0.6 is 0 Å². The van der Waals surface area contributed by atoms with Gasteiger partial charge in [0.15, 0.2) is 5.82 Å². The Morgan fingerprint density at radius 3 is 2.33 bits per heavy atom. The van der Waals surface area contributed by atoms with Crippen LogP contribution in [0, 0.1) is 5.82 Å². The molecule has 0 radical (unpaired) electrons. The molecule has 1 rings (SSSR count). The molecule has 0 aliphatic rings. The minimum absolute atomic E-state index is 0.176. The minimum Gasteiger partial charge on any atom is -0.355 e. The Bertz CT molecular complexity index is 340. The summed E-state index contributed by atoms with van der Waals surface area (Å²) in [6.07, 6.45) is -4.27. The molecular formula is C6H3F4NO. The van der Waals surface area contributed by atoms with Crippen LogP contribution in [0.3, 0.4) is 0 Å². The normalized spacial score (nSPS) is 11.7. The lowest BCUT2D eigenvalue weighted by Crippen LogP contribution is -2.15. The van der Waals surface area contributed by atoms with Crippen molar-refractivity contribution < 1.29 is 17.6 Å². The van der Waals surface area contributed by atoms with Crippen molar-refractivity contribution in [1.29, 1.82) is 0 Å². The standard InChI is InChI=1S/C6H3F4NO/c7-3-2-11-5(1-4(3)12)6(8,9)10/h1-2H,(H,11,12). The van der Waals surface area contributed by atoms with Gasteiger partial charge in [-0.05, 0) is 0 Å². The smallest absolute Gasteiger partial charge is 0.355 e. The van der Waals surface area contributed by atoms with Gasteiger partial charge in [-0.25, -0.2) is 4.39 Å². The summed E-state index contributed by atoms with van der Waals surface area (Å²) in [5, 5.41) is 0. The molecule has 1 aromatic rings. The summed E-state index contributed by atoms with van der Waals surface area (Å²) in [6, 6.07) is 0.176. The largest absolute Gasteiger partial charge is 0.431 e. The molecule has 1 aromatic heterocycles.